The summed E-state index contributed by atoms with van der Waals surface area (Å²) < 4.78 is 0. The number of rotatable bonds is 3. The van der Waals surface area contributed by atoms with Gasteiger partial charge in [0.25, 0.3) is 5.91 Å². The number of carbonyl (C=O) groups is 1. The Labute approximate surface area is 190 Å². The Hall–Kier alpha value is -3.75. The van der Waals surface area contributed by atoms with Crippen molar-refractivity contribution in [3.8, 4) is 17.2 Å². The fourth-order valence-electron chi connectivity index (χ4n) is 5.08. The average molecular weight is 434 g/mol. The molecule has 1 spiro atoms. The number of hydrogen-bond donors (Lipinski definition) is 0. The molecule has 1 aliphatic heterocycles. The molecule has 32 heavy (non-hydrogen) atoms. The quantitative estimate of drug-likeness (QED) is 0.403. The van der Waals surface area contributed by atoms with Crippen molar-refractivity contribution in [3.63, 3.8) is 0 Å². The molecular formula is C27H19N3OS. The number of hydrogen-bond acceptors (Lipinski definition) is 4. The number of nitriles is 1. The fraction of sp³-hybridized carbons (Fsp3) is 0.148. The Bertz CT molecular complexity index is 1380. The van der Waals surface area contributed by atoms with Gasteiger partial charge in [-0.25, -0.2) is 4.98 Å². The Balaban J connectivity index is 1.46. The minimum atomic E-state index is -0.653. The van der Waals surface area contributed by atoms with Crippen LogP contribution in [0.15, 0.2) is 78.3 Å². The summed E-state index contributed by atoms with van der Waals surface area (Å²) in [6, 6.07) is 25.0. The minimum Gasteiger partial charge on any atom is -0.272 e. The molecule has 0 unspecified atom stereocenters. The third-order valence-electron chi connectivity index (χ3n) is 6.69. The van der Waals surface area contributed by atoms with Crippen molar-refractivity contribution in [3.05, 3.63) is 106 Å². The largest absolute Gasteiger partial charge is 0.272 e. The van der Waals surface area contributed by atoms with Crippen molar-refractivity contribution in [1.29, 1.82) is 5.26 Å². The van der Waals surface area contributed by atoms with Gasteiger partial charge in [-0.3, -0.25) is 9.69 Å². The summed E-state index contributed by atoms with van der Waals surface area (Å²) >= 11 is 1.48. The molecule has 3 aromatic carbocycles. The number of amides is 1. The summed E-state index contributed by atoms with van der Waals surface area (Å²) in [5, 5.41) is 12.1. The Morgan fingerprint density at radius 3 is 2.44 bits per heavy atom. The molecule has 1 amide bonds. The summed E-state index contributed by atoms with van der Waals surface area (Å²) in [4.78, 5) is 19.5. The summed E-state index contributed by atoms with van der Waals surface area (Å²) in [6.45, 7) is 2.08. The number of thiazole rings is 1. The van der Waals surface area contributed by atoms with Crippen LogP contribution in [-0.4, -0.2) is 16.4 Å². The summed E-state index contributed by atoms with van der Waals surface area (Å²) in [5.74, 6) is -0.0240. The van der Waals surface area contributed by atoms with Gasteiger partial charge in [0.2, 0.25) is 0 Å². The van der Waals surface area contributed by atoms with Crippen LogP contribution >= 0.6 is 11.3 Å². The molecule has 0 bridgehead atoms. The van der Waals surface area contributed by atoms with E-state index in [1.807, 2.05) is 28.5 Å². The molecule has 2 atom stereocenters. The first-order chi connectivity index (χ1) is 15.6. The second-order valence-electron chi connectivity index (χ2n) is 8.50. The van der Waals surface area contributed by atoms with Gasteiger partial charge in [0.1, 0.15) is 5.54 Å². The van der Waals surface area contributed by atoms with Gasteiger partial charge in [-0.1, -0.05) is 60.2 Å². The molecule has 154 valence electrons. The van der Waals surface area contributed by atoms with Gasteiger partial charge in [-0.2, -0.15) is 5.26 Å². The third kappa shape index (κ3) is 2.66. The van der Waals surface area contributed by atoms with Crippen molar-refractivity contribution in [2.45, 2.75) is 24.8 Å². The summed E-state index contributed by atoms with van der Waals surface area (Å²) in [5.41, 5.74) is 6.80. The molecule has 6 rings (SSSR count). The van der Waals surface area contributed by atoms with Gasteiger partial charge >= 0.3 is 0 Å². The SMILES string of the molecule is Cc1ccc(-c2ccc([C@H]3c4cc(C#N)ccc4C[C@@]34C(=O)N4c3nccs3)cc2)cc1. The van der Waals surface area contributed by atoms with Crippen LogP contribution in [0.25, 0.3) is 11.1 Å². The molecule has 2 aliphatic rings. The first-order valence-electron chi connectivity index (χ1n) is 10.6. The van der Waals surface area contributed by atoms with Gasteiger partial charge < -0.3 is 0 Å². The van der Waals surface area contributed by atoms with E-state index in [0.29, 0.717) is 12.0 Å². The third-order valence-corrected chi connectivity index (χ3v) is 7.44. The second kappa shape index (κ2) is 6.88. The van der Waals surface area contributed by atoms with Crippen molar-refractivity contribution < 1.29 is 4.79 Å². The lowest BCUT2D eigenvalue weighted by atomic mass is 9.84. The van der Waals surface area contributed by atoms with Crippen LogP contribution in [0.4, 0.5) is 5.13 Å². The lowest BCUT2D eigenvalue weighted by molar-refractivity contribution is -0.111. The monoisotopic (exact) mass is 433 g/mol. The summed E-state index contributed by atoms with van der Waals surface area (Å²) in [6.07, 6.45) is 2.37. The molecular weight excluding hydrogens is 414 g/mol. The van der Waals surface area contributed by atoms with Gasteiger partial charge in [-0.05, 0) is 46.9 Å². The van der Waals surface area contributed by atoms with Gasteiger partial charge in [0, 0.05) is 23.9 Å². The second-order valence-corrected chi connectivity index (χ2v) is 9.38. The molecule has 4 nitrogen and oxygen atoms in total. The van der Waals surface area contributed by atoms with E-state index in [2.05, 4.69) is 66.5 Å². The zero-order valence-corrected chi connectivity index (χ0v) is 18.3. The molecule has 0 radical (unpaired) electrons. The highest BCUT2D eigenvalue weighted by Gasteiger charge is 2.71. The zero-order valence-electron chi connectivity index (χ0n) is 17.4. The number of anilines is 1. The van der Waals surface area contributed by atoms with Gasteiger partial charge in [-0.15, -0.1) is 11.3 Å². The molecule has 4 aromatic rings. The predicted molar refractivity (Wildman–Crippen MR) is 126 cm³/mol. The molecule has 1 aromatic heterocycles. The van der Waals surface area contributed by atoms with E-state index in [1.165, 1.54) is 22.5 Å². The van der Waals surface area contributed by atoms with E-state index >= 15 is 0 Å². The average Bonchev–Trinajstić information content (AvgIpc) is 3.20. The number of carbonyl (C=O) groups excluding carboxylic acids is 1. The first-order valence-corrected chi connectivity index (χ1v) is 11.4. The highest BCUT2D eigenvalue weighted by Crippen LogP contribution is 2.59. The maximum Gasteiger partial charge on any atom is 0.257 e. The lowest BCUT2D eigenvalue weighted by Gasteiger charge is -2.20. The van der Waals surface area contributed by atoms with Gasteiger partial charge in [0.05, 0.1) is 11.6 Å². The molecule has 2 heterocycles. The zero-order chi connectivity index (χ0) is 21.9. The van der Waals surface area contributed by atoms with Crippen LogP contribution in [-0.2, 0) is 11.2 Å². The number of benzene rings is 3. The van der Waals surface area contributed by atoms with Crippen molar-refractivity contribution in [2.24, 2.45) is 0 Å². The Morgan fingerprint density at radius 1 is 1.06 bits per heavy atom. The van der Waals surface area contributed by atoms with Crippen molar-refractivity contribution >= 4 is 22.4 Å². The smallest absolute Gasteiger partial charge is 0.257 e. The van der Waals surface area contributed by atoms with Crippen molar-refractivity contribution in [2.75, 3.05) is 4.90 Å². The number of fused-ring (bicyclic) bond motifs is 1. The van der Waals surface area contributed by atoms with E-state index in [4.69, 9.17) is 0 Å². The highest BCUT2D eigenvalue weighted by atomic mass is 32.1. The van der Waals surface area contributed by atoms with Gasteiger partial charge in [0.15, 0.2) is 5.13 Å². The fourth-order valence-corrected chi connectivity index (χ4v) is 5.79. The van der Waals surface area contributed by atoms with Crippen LogP contribution in [0.3, 0.4) is 0 Å². The van der Waals surface area contributed by atoms with E-state index < -0.39 is 5.54 Å². The number of nitrogens with zero attached hydrogens (tertiary/aromatic N) is 3. The van der Waals surface area contributed by atoms with Crippen LogP contribution < -0.4 is 4.90 Å². The van der Waals surface area contributed by atoms with E-state index in [1.54, 1.807) is 6.20 Å². The number of aromatic nitrogens is 1. The first kappa shape index (κ1) is 19.0. The van der Waals surface area contributed by atoms with Crippen LogP contribution in [0, 0.1) is 18.3 Å². The highest BCUT2D eigenvalue weighted by molar-refractivity contribution is 7.14. The molecule has 0 N–H and O–H groups in total. The maximum atomic E-state index is 13.3. The summed E-state index contributed by atoms with van der Waals surface area (Å²) in [7, 11) is 0. The Morgan fingerprint density at radius 2 is 1.78 bits per heavy atom. The normalized spacial score (nSPS) is 20.9. The van der Waals surface area contributed by atoms with Crippen LogP contribution in [0.5, 0.6) is 0 Å². The maximum absolute atomic E-state index is 13.3. The molecule has 1 fully saturated rings. The number of aryl methyl sites for hydroxylation is 1. The van der Waals surface area contributed by atoms with Crippen LogP contribution in [0.1, 0.15) is 33.7 Å². The molecule has 1 aliphatic carbocycles. The molecule has 1 saturated heterocycles. The molecule has 5 heteroatoms. The van der Waals surface area contributed by atoms with E-state index in [9.17, 15) is 10.1 Å². The molecule has 0 saturated carbocycles. The Kier molecular flexibility index (Phi) is 4.08. The van der Waals surface area contributed by atoms with Crippen molar-refractivity contribution in [1.82, 2.24) is 4.98 Å². The topological polar surface area (TPSA) is 56.8 Å². The van der Waals surface area contributed by atoms with E-state index in [-0.39, 0.29) is 11.8 Å². The lowest BCUT2D eigenvalue weighted by Crippen LogP contribution is -2.25. The predicted octanol–water partition coefficient (Wildman–Crippen LogP) is 5.46. The van der Waals surface area contributed by atoms with E-state index in [0.717, 1.165) is 27.4 Å². The minimum absolute atomic E-state index is 0.106. The van der Waals surface area contributed by atoms with Crippen LogP contribution in [0.2, 0.25) is 0 Å². The standard InChI is InChI=1S/C27H19N3OS/c1-17-2-5-19(6-3-17)20-8-10-21(11-9-20)24-23-14-18(16-28)4-7-22(23)15-27(24)25(31)30(27)26-29-12-13-32-26/h2-14,24H,15H2,1H3/t24-,27-,30?/m0/s1.